The molecule has 4 nitrogen and oxygen atoms in total. The van der Waals surface area contributed by atoms with Crippen molar-refractivity contribution in [2.75, 3.05) is 0 Å². The monoisotopic (exact) mass is 221 g/mol. The number of benzene rings is 1. The summed E-state index contributed by atoms with van der Waals surface area (Å²) in [4.78, 5) is 11.0. The standard InChI is InChI=1S/C10H11N3OS/c11-9(14)7-3-1-2-6(4-7)8-5-12-10(15)13-8/h1-5,10,12-13,15H,(H2,11,14). The first kappa shape index (κ1) is 9.92. The SMILES string of the molecule is NC(=O)c1cccc(C2=CNC(S)N2)c1. The molecule has 0 saturated carbocycles. The number of nitrogens with one attached hydrogen (secondary N) is 2. The van der Waals surface area contributed by atoms with Crippen LogP contribution in [0.4, 0.5) is 0 Å². The average molecular weight is 221 g/mol. The highest BCUT2D eigenvalue weighted by Gasteiger charge is 2.12. The Kier molecular flexibility index (Phi) is 2.55. The van der Waals surface area contributed by atoms with Gasteiger partial charge in [0, 0.05) is 11.8 Å². The van der Waals surface area contributed by atoms with Gasteiger partial charge in [-0.25, -0.2) is 0 Å². The Balaban J connectivity index is 2.29. The molecule has 1 aliphatic rings. The molecule has 4 N–H and O–H groups in total. The van der Waals surface area contributed by atoms with Crippen LogP contribution >= 0.6 is 12.6 Å². The Morgan fingerprint density at radius 3 is 2.87 bits per heavy atom. The molecule has 5 heteroatoms. The van der Waals surface area contributed by atoms with E-state index in [0.29, 0.717) is 5.56 Å². The van der Waals surface area contributed by atoms with Crippen molar-refractivity contribution in [3.05, 3.63) is 41.6 Å². The molecule has 0 aliphatic carbocycles. The van der Waals surface area contributed by atoms with Gasteiger partial charge in [0.05, 0.1) is 5.70 Å². The molecular formula is C10H11N3OS. The highest BCUT2D eigenvalue weighted by Crippen LogP contribution is 2.16. The van der Waals surface area contributed by atoms with Crippen LogP contribution < -0.4 is 16.4 Å². The van der Waals surface area contributed by atoms with Gasteiger partial charge in [-0.2, -0.15) is 0 Å². The lowest BCUT2D eigenvalue weighted by Gasteiger charge is -2.07. The van der Waals surface area contributed by atoms with Gasteiger partial charge >= 0.3 is 0 Å². The fraction of sp³-hybridized carbons (Fsp3) is 0.100. The molecule has 2 rings (SSSR count). The minimum Gasteiger partial charge on any atom is -0.366 e. The Morgan fingerprint density at radius 2 is 2.27 bits per heavy atom. The zero-order valence-electron chi connectivity index (χ0n) is 7.90. The van der Waals surface area contributed by atoms with E-state index in [1.165, 1.54) is 0 Å². The van der Waals surface area contributed by atoms with E-state index in [1.54, 1.807) is 18.2 Å². The second kappa shape index (κ2) is 3.86. The molecule has 0 spiro atoms. The van der Waals surface area contributed by atoms with Gasteiger partial charge in [-0.15, -0.1) is 12.6 Å². The first-order valence-corrected chi connectivity index (χ1v) is 4.99. The smallest absolute Gasteiger partial charge is 0.248 e. The van der Waals surface area contributed by atoms with E-state index >= 15 is 0 Å². The first-order valence-electron chi connectivity index (χ1n) is 4.48. The fourth-order valence-corrected chi connectivity index (χ4v) is 1.61. The Hall–Kier alpha value is -1.62. The van der Waals surface area contributed by atoms with Crippen LogP contribution in [0.2, 0.25) is 0 Å². The molecule has 1 unspecified atom stereocenters. The van der Waals surface area contributed by atoms with E-state index in [-0.39, 0.29) is 5.50 Å². The largest absolute Gasteiger partial charge is 0.366 e. The van der Waals surface area contributed by atoms with E-state index in [9.17, 15) is 4.79 Å². The quantitative estimate of drug-likeness (QED) is 0.549. The minimum absolute atomic E-state index is 0.0859. The molecule has 1 aliphatic heterocycles. The molecule has 0 aromatic heterocycles. The normalized spacial score (nSPS) is 19.0. The molecule has 15 heavy (non-hydrogen) atoms. The molecule has 0 radical (unpaired) electrons. The van der Waals surface area contributed by atoms with Crippen LogP contribution in [0.1, 0.15) is 15.9 Å². The Labute approximate surface area is 93.0 Å². The summed E-state index contributed by atoms with van der Waals surface area (Å²) >= 11 is 4.20. The van der Waals surface area contributed by atoms with Crippen molar-refractivity contribution in [1.82, 2.24) is 10.6 Å². The number of nitrogens with two attached hydrogens (primary N) is 1. The molecule has 78 valence electrons. The number of hydrogen-bond donors (Lipinski definition) is 4. The van der Waals surface area contributed by atoms with Crippen LogP contribution in [0.5, 0.6) is 0 Å². The van der Waals surface area contributed by atoms with Gasteiger partial charge in [0.2, 0.25) is 5.91 Å². The molecular weight excluding hydrogens is 210 g/mol. The van der Waals surface area contributed by atoms with E-state index in [0.717, 1.165) is 11.3 Å². The zero-order valence-corrected chi connectivity index (χ0v) is 8.79. The predicted molar refractivity (Wildman–Crippen MR) is 62.0 cm³/mol. The van der Waals surface area contributed by atoms with Crippen molar-refractivity contribution in [1.29, 1.82) is 0 Å². The third kappa shape index (κ3) is 2.07. The van der Waals surface area contributed by atoms with Gasteiger partial charge in [-0.05, 0) is 17.7 Å². The molecule has 1 amide bonds. The number of thiol groups is 1. The van der Waals surface area contributed by atoms with Crippen LogP contribution in [0.3, 0.4) is 0 Å². The van der Waals surface area contributed by atoms with E-state index in [2.05, 4.69) is 23.3 Å². The van der Waals surface area contributed by atoms with Crippen molar-refractivity contribution in [3.63, 3.8) is 0 Å². The predicted octanol–water partition coefficient (Wildman–Crippen LogP) is 0.490. The maximum Gasteiger partial charge on any atom is 0.248 e. The topological polar surface area (TPSA) is 67.2 Å². The van der Waals surface area contributed by atoms with Crippen molar-refractivity contribution in [2.45, 2.75) is 5.50 Å². The van der Waals surface area contributed by atoms with Crippen LogP contribution in [0.15, 0.2) is 30.5 Å². The van der Waals surface area contributed by atoms with Gasteiger partial charge in [0.1, 0.15) is 5.50 Å². The number of hydrogen-bond acceptors (Lipinski definition) is 4. The van der Waals surface area contributed by atoms with Crippen molar-refractivity contribution >= 4 is 24.2 Å². The molecule has 0 saturated heterocycles. The van der Waals surface area contributed by atoms with Gasteiger partial charge in [0.25, 0.3) is 0 Å². The summed E-state index contributed by atoms with van der Waals surface area (Å²) in [6.07, 6.45) is 1.82. The van der Waals surface area contributed by atoms with E-state index in [1.807, 2.05) is 12.3 Å². The summed E-state index contributed by atoms with van der Waals surface area (Å²) < 4.78 is 0. The minimum atomic E-state index is -0.425. The second-order valence-electron chi connectivity index (χ2n) is 3.22. The first-order chi connectivity index (χ1) is 7.16. The number of carbonyl (C=O) groups excluding carboxylic acids is 1. The number of primary amides is 1. The van der Waals surface area contributed by atoms with Crippen molar-refractivity contribution < 1.29 is 4.79 Å². The van der Waals surface area contributed by atoms with Gasteiger partial charge in [-0.3, -0.25) is 4.79 Å². The maximum absolute atomic E-state index is 11.0. The van der Waals surface area contributed by atoms with Gasteiger partial charge < -0.3 is 16.4 Å². The summed E-state index contributed by atoms with van der Waals surface area (Å²) in [5.41, 5.74) is 7.42. The molecule has 1 aromatic carbocycles. The lowest BCUT2D eigenvalue weighted by Crippen LogP contribution is -2.25. The zero-order chi connectivity index (χ0) is 10.8. The Morgan fingerprint density at radius 1 is 1.47 bits per heavy atom. The van der Waals surface area contributed by atoms with Crippen LogP contribution in [0, 0.1) is 0 Å². The third-order valence-corrected chi connectivity index (χ3v) is 2.41. The highest BCUT2D eigenvalue weighted by molar-refractivity contribution is 7.80. The summed E-state index contributed by atoms with van der Waals surface area (Å²) in [6, 6.07) is 7.13. The summed E-state index contributed by atoms with van der Waals surface area (Å²) in [7, 11) is 0. The number of amides is 1. The van der Waals surface area contributed by atoms with E-state index < -0.39 is 5.91 Å². The van der Waals surface area contributed by atoms with Crippen LogP contribution in [0.25, 0.3) is 5.70 Å². The van der Waals surface area contributed by atoms with Crippen LogP contribution in [-0.4, -0.2) is 11.4 Å². The number of rotatable bonds is 2. The van der Waals surface area contributed by atoms with Crippen LogP contribution in [-0.2, 0) is 0 Å². The maximum atomic E-state index is 11.0. The van der Waals surface area contributed by atoms with Gasteiger partial charge in [0.15, 0.2) is 0 Å². The molecule has 0 bridgehead atoms. The van der Waals surface area contributed by atoms with Gasteiger partial charge in [-0.1, -0.05) is 12.1 Å². The highest BCUT2D eigenvalue weighted by atomic mass is 32.1. The summed E-state index contributed by atoms with van der Waals surface area (Å²) in [6.45, 7) is 0. The van der Waals surface area contributed by atoms with E-state index in [4.69, 9.17) is 5.73 Å². The third-order valence-electron chi connectivity index (χ3n) is 2.14. The molecule has 1 heterocycles. The lowest BCUT2D eigenvalue weighted by molar-refractivity contribution is 0.100. The van der Waals surface area contributed by atoms with Crippen molar-refractivity contribution in [2.24, 2.45) is 5.73 Å². The second-order valence-corrected chi connectivity index (χ2v) is 3.73. The summed E-state index contributed by atoms with van der Waals surface area (Å²) in [5, 5.41) is 6.09. The fourth-order valence-electron chi connectivity index (χ4n) is 1.40. The molecule has 1 atom stereocenters. The van der Waals surface area contributed by atoms with Crippen molar-refractivity contribution in [3.8, 4) is 0 Å². The lowest BCUT2D eigenvalue weighted by atomic mass is 10.1. The number of carbonyl (C=O) groups is 1. The summed E-state index contributed by atoms with van der Waals surface area (Å²) in [5.74, 6) is -0.425. The molecule has 0 fully saturated rings. The Bertz CT molecular complexity index is 430. The average Bonchev–Trinajstić information content (AvgIpc) is 2.65. The molecule has 1 aromatic rings.